The number of hydrogen-bond acceptors (Lipinski definition) is 3. The second kappa shape index (κ2) is 6.01. The number of fused-ring (bicyclic) bond motifs is 1. The highest BCUT2D eigenvalue weighted by molar-refractivity contribution is 7.19. The molecular formula is C17H12Cl2N2OS. The van der Waals surface area contributed by atoms with Gasteiger partial charge in [-0.1, -0.05) is 35.2 Å². The van der Waals surface area contributed by atoms with Gasteiger partial charge in [-0.15, -0.1) is 17.8 Å². The molecule has 23 heavy (non-hydrogen) atoms. The molecule has 2 heterocycles. The molecule has 0 spiro atoms. The summed E-state index contributed by atoms with van der Waals surface area (Å²) in [4.78, 5) is 19.1. The van der Waals surface area contributed by atoms with Gasteiger partial charge in [-0.3, -0.25) is 9.36 Å². The summed E-state index contributed by atoms with van der Waals surface area (Å²) in [5.74, 6) is 3.11. The van der Waals surface area contributed by atoms with Gasteiger partial charge in [0, 0.05) is 10.4 Å². The van der Waals surface area contributed by atoms with Crippen LogP contribution in [-0.2, 0) is 6.54 Å². The van der Waals surface area contributed by atoms with Crippen LogP contribution in [0.15, 0.2) is 23.0 Å². The maximum Gasteiger partial charge on any atom is 0.263 e. The summed E-state index contributed by atoms with van der Waals surface area (Å²) >= 11 is 13.6. The van der Waals surface area contributed by atoms with Crippen molar-refractivity contribution in [2.24, 2.45) is 0 Å². The van der Waals surface area contributed by atoms with Gasteiger partial charge >= 0.3 is 0 Å². The van der Waals surface area contributed by atoms with Gasteiger partial charge in [0.05, 0.1) is 22.0 Å². The Morgan fingerprint density at radius 1 is 1.30 bits per heavy atom. The third kappa shape index (κ3) is 2.66. The normalized spacial score (nSPS) is 10.9. The minimum atomic E-state index is -0.129. The van der Waals surface area contributed by atoms with Crippen molar-refractivity contribution in [3.05, 3.63) is 49.3 Å². The highest BCUT2D eigenvalue weighted by Gasteiger charge is 2.18. The van der Waals surface area contributed by atoms with Gasteiger partial charge in [0.25, 0.3) is 5.56 Å². The molecule has 3 aromatic rings. The summed E-state index contributed by atoms with van der Waals surface area (Å²) in [5.41, 5.74) is 1.56. The number of nitrogens with zero attached hydrogens (tertiary/aromatic N) is 2. The Balaban J connectivity index is 2.39. The first-order chi connectivity index (χ1) is 10.9. The number of thiophene rings is 1. The fraction of sp³-hybridized carbons (Fsp3) is 0.176. The Labute approximate surface area is 147 Å². The lowest BCUT2D eigenvalue weighted by Gasteiger charge is -2.07. The molecule has 0 amide bonds. The Kier molecular flexibility index (Phi) is 4.20. The van der Waals surface area contributed by atoms with E-state index in [2.05, 4.69) is 10.9 Å². The summed E-state index contributed by atoms with van der Waals surface area (Å²) in [6.45, 7) is 3.94. The van der Waals surface area contributed by atoms with Crippen molar-refractivity contribution in [1.29, 1.82) is 0 Å². The number of rotatable bonds is 2. The van der Waals surface area contributed by atoms with Crippen LogP contribution < -0.4 is 5.56 Å². The minimum absolute atomic E-state index is 0.129. The van der Waals surface area contributed by atoms with Crippen LogP contribution in [0.1, 0.15) is 10.7 Å². The summed E-state index contributed by atoms with van der Waals surface area (Å²) < 4.78 is 1.51. The van der Waals surface area contributed by atoms with Crippen LogP contribution in [0, 0.1) is 26.2 Å². The number of terminal acetylenes is 1. The minimum Gasteiger partial charge on any atom is -0.284 e. The van der Waals surface area contributed by atoms with E-state index in [9.17, 15) is 4.79 Å². The van der Waals surface area contributed by atoms with Crippen molar-refractivity contribution in [2.75, 3.05) is 0 Å². The maximum absolute atomic E-state index is 12.9. The molecule has 1 aromatic carbocycles. The standard InChI is InChI=1S/C17H12Cl2N2OS/c1-4-7-21-10(3)20-16-15(17(21)22)14(9(2)23-16)11-5-6-12(18)13(19)8-11/h1,5-6,8H,7H2,2-3H3. The van der Waals surface area contributed by atoms with Crippen LogP contribution in [0.4, 0.5) is 0 Å². The van der Waals surface area contributed by atoms with Crippen molar-refractivity contribution >= 4 is 44.8 Å². The largest absolute Gasteiger partial charge is 0.284 e. The number of aryl methyl sites for hydroxylation is 2. The molecular weight excluding hydrogens is 351 g/mol. The van der Waals surface area contributed by atoms with Crippen molar-refractivity contribution in [3.63, 3.8) is 0 Å². The van der Waals surface area contributed by atoms with Crippen LogP contribution in [0.25, 0.3) is 21.3 Å². The van der Waals surface area contributed by atoms with Gasteiger partial charge in [0.1, 0.15) is 10.7 Å². The fourth-order valence-corrected chi connectivity index (χ4v) is 3.95. The molecule has 116 valence electrons. The molecule has 0 aliphatic heterocycles. The Bertz CT molecular complexity index is 1030. The first kappa shape index (κ1) is 16.1. The molecule has 0 fully saturated rings. The SMILES string of the molecule is C#CCn1c(C)nc2sc(C)c(-c3ccc(Cl)c(Cl)c3)c2c1=O. The summed E-state index contributed by atoms with van der Waals surface area (Å²) in [7, 11) is 0. The van der Waals surface area contributed by atoms with Crippen molar-refractivity contribution < 1.29 is 0 Å². The third-order valence-electron chi connectivity index (χ3n) is 3.64. The Morgan fingerprint density at radius 3 is 2.70 bits per heavy atom. The van der Waals surface area contributed by atoms with Gasteiger partial charge < -0.3 is 0 Å². The molecule has 0 radical (unpaired) electrons. The van der Waals surface area contributed by atoms with E-state index >= 15 is 0 Å². The van der Waals surface area contributed by atoms with E-state index in [1.165, 1.54) is 15.9 Å². The fourth-order valence-electron chi connectivity index (χ4n) is 2.57. The van der Waals surface area contributed by atoms with Gasteiger partial charge in [0.15, 0.2) is 0 Å². The Morgan fingerprint density at radius 2 is 2.04 bits per heavy atom. The van der Waals surface area contributed by atoms with Crippen LogP contribution in [0.3, 0.4) is 0 Å². The van der Waals surface area contributed by atoms with Gasteiger partial charge in [0.2, 0.25) is 0 Å². The predicted molar refractivity (Wildman–Crippen MR) is 97.6 cm³/mol. The third-order valence-corrected chi connectivity index (χ3v) is 5.37. The van der Waals surface area contributed by atoms with Crippen LogP contribution in [-0.4, -0.2) is 9.55 Å². The molecule has 0 atom stereocenters. The first-order valence-corrected chi connectivity index (χ1v) is 8.40. The molecule has 0 aliphatic carbocycles. The van der Waals surface area contributed by atoms with Crippen LogP contribution >= 0.6 is 34.5 Å². The van der Waals surface area contributed by atoms with E-state index in [1.54, 1.807) is 19.1 Å². The van der Waals surface area contributed by atoms with E-state index in [-0.39, 0.29) is 12.1 Å². The molecule has 0 N–H and O–H groups in total. The first-order valence-electron chi connectivity index (χ1n) is 6.83. The smallest absolute Gasteiger partial charge is 0.263 e. The van der Waals surface area contributed by atoms with E-state index in [0.29, 0.717) is 26.1 Å². The quantitative estimate of drug-likeness (QED) is 0.620. The molecule has 3 nitrogen and oxygen atoms in total. The average Bonchev–Trinajstić information content (AvgIpc) is 2.82. The second-order valence-corrected chi connectivity index (χ2v) is 7.11. The molecule has 0 aliphatic rings. The van der Waals surface area contributed by atoms with E-state index in [4.69, 9.17) is 29.6 Å². The summed E-state index contributed by atoms with van der Waals surface area (Å²) in [5, 5.41) is 1.50. The van der Waals surface area contributed by atoms with Gasteiger partial charge in [-0.25, -0.2) is 4.98 Å². The predicted octanol–water partition coefficient (Wildman–Crippen LogP) is 4.68. The highest BCUT2D eigenvalue weighted by Crippen LogP contribution is 2.37. The Hall–Kier alpha value is -1.80. The molecule has 6 heteroatoms. The van der Waals surface area contributed by atoms with Gasteiger partial charge in [-0.05, 0) is 31.5 Å². The molecule has 0 saturated heterocycles. The monoisotopic (exact) mass is 362 g/mol. The number of hydrogen-bond donors (Lipinski definition) is 0. The van der Waals surface area contributed by atoms with Crippen LogP contribution in [0.5, 0.6) is 0 Å². The zero-order valence-corrected chi connectivity index (χ0v) is 14.8. The van der Waals surface area contributed by atoms with Gasteiger partial charge in [-0.2, -0.15) is 0 Å². The lowest BCUT2D eigenvalue weighted by Crippen LogP contribution is -2.23. The van der Waals surface area contributed by atoms with E-state index in [1.807, 2.05) is 13.0 Å². The second-order valence-electron chi connectivity index (χ2n) is 5.10. The number of halogens is 2. The lowest BCUT2D eigenvalue weighted by molar-refractivity contribution is 0.743. The molecule has 0 unspecified atom stereocenters. The lowest BCUT2D eigenvalue weighted by atomic mass is 10.0. The summed E-state index contributed by atoms with van der Waals surface area (Å²) in [6.07, 6.45) is 5.37. The molecule has 3 rings (SSSR count). The topological polar surface area (TPSA) is 34.9 Å². The molecule has 0 saturated carbocycles. The number of benzene rings is 1. The van der Waals surface area contributed by atoms with Crippen LogP contribution in [0.2, 0.25) is 10.0 Å². The maximum atomic E-state index is 12.9. The zero-order valence-electron chi connectivity index (χ0n) is 12.5. The van der Waals surface area contributed by atoms with Crippen molar-refractivity contribution in [2.45, 2.75) is 20.4 Å². The summed E-state index contributed by atoms with van der Waals surface area (Å²) in [6, 6.07) is 5.35. The van der Waals surface area contributed by atoms with E-state index in [0.717, 1.165) is 16.0 Å². The van der Waals surface area contributed by atoms with E-state index < -0.39 is 0 Å². The zero-order chi connectivity index (χ0) is 16.7. The van der Waals surface area contributed by atoms with Crippen molar-refractivity contribution in [3.8, 4) is 23.5 Å². The highest BCUT2D eigenvalue weighted by atomic mass is 35.5. The van der Waals surface area contributed by atoms with Crippen molar-refractivity contribution in [1.82, 2.24) is 9.55 Å². The average molecular weight is 363 g/mol. The number of aromatic nitrogens is 2. The molecule has 0 bridgehead atoms. The molecule has 2 aromatic heterocycles.